The zero-order valence-corrected chi connectivity index (χ0v) is 19.0. The van der Waals surface area contributed by atoms with Gasteiger partial charge in [-0.15, -0.1) is 24.0 Å². The summed E-state index contributed by atoms with van der Waals surface area (Å²) in [5.74, 6) is 0.728. The molecule has 1 aromatic rings. The Labute approximate surface area is 178 Å². The third-order valence-corrected chi connectivity index (χ3v) is 3.06. The number of aliphatic imine (C=N–C) groups is 1. The van der Waals surface area contributed by atoms with E-state index in [1.165, 1.54) is 0 Å². The Bertz CT molecular complexity index is 626. The maximum atomic E-state index is 11.9. The summed E-state index contributed by atoms with van der Waals surface area (Å²) in [5.41, 5.74) is 0.743. The van der Waals surface area contributed by atoms with Crippen LogP contribution in [0.15, 0.2) is 23.3 Å². The van der Waals surface area contributed by atoms with E-state index in [-0.39, 0.29) is 54.3 Å². The molecule has 0 fully saturated rings. The molecule has 0 aliphatic carbocycles. The largest absolute Gasteiger partial charge is 0.357 e. The molecule has 0 saturated carbocycles. The lowest BCUT2D eigenvalue weighted by Crippen LogP contribution is -2.43. The molecule has 0 spiro atoms. The summed E-state index contributed by atoms with van der Waals surface area (Å²) in [6.45, 7) is 10.7. The molecule has 0 radical (unpaired) electrons. The molecule has 0 unspecified atom stereocenters. The number of aryl methyl sites for hydroxylation is 1. The van der Waals surface area contributed by atoms with Crippen LogP contribution in [0, 0.1) is 6.92 Å². The lowest BCUT2D eigenvalue weighted by Gasteiger charge is -2.20. The first kappa shape index (κ1) is 25.1. The predicted octanol–water partition coefficient (Wildman–Crippen LogP) is 1.81. The summed E-state index contributed by atoms with van der Waals surface area (Å²) < 4.78 is 0. The molecule has 0 aromatic carbocycles. The first-order chi connectivity index (χ1) is 12.2. The Morgan fingerprint density at radius 2 is 1.85 bits per heavy atom. The van der Waals surface area contributed by atoms with Gasteiger partial charge in [-0.05, 0) is 46.2 Å². The minimum Gasteiger partial charge on any atom is -0.357 e. The summed E-state index contributed by atoms with van der Waals surface area (Å²) >= 11 is 0. The molecule has 0 saturated heterocycles. The van der Waals surface area contributed by atoms with E-state index in [4.69, 9.17) is 0 Å². The summed E-state index contributed by atoms with van der Waals surface area (Å²) in [6.07, 6.45) is 1.96. The van der Waals surface area contributed by atoms with Crippen LogP contribution in [0.1, 0.15) is 39.7 Å². The maximum absolute atomic E-state index is 11.9. The van der Waals surface area contributed by atoms with E-state index in [0.717, 1.165) is 5.56 Å². The van der Waals surface area contributed by atoms with Crippen LogP contribution < -0.4 is 21.3 Å². The molecular formula is C18H31IN6O2. The molecule has 1 heterocycles. The van der Waals surface area contributed by atoms with Gasteiger partial charge in [-0.3, -0.25) is 9.59 Å². The number of nitrogens with one attached hydrogen (secondary N) is 4. The molecule has 4 N–H and O–H groups in total. The average molecular weight is 490 g/mol. The fourth-order valence-corrected chi connectivity index (χ4v) is 1.99. The van der Waals surface area contributed by atoms with Gasteiger partial charge in [0.1, 0.15) is 12.4 Å². The highest BCUT2D eigenvalue weighted by Gasteiger charge is 2.13. The molecule has 1 rings (SSSR count). The average Bonchev–Trinajstić information content (AvgIpc) is 2.53. The Kier molecular flexibility index (Phi) is 11.6. The molecule has 27 heavy (non-hydrogen) atoms. The number of amides is 2. The van der Waals surface area contributed by atoms with Gasteiger partial charge in [0.05, 0.1) is 0 Å². The van der Waals surface area contributed by atoms with E-state index in [0.29, 0.717) is 24.9 Å². The number of hydrogen-bond donors (Lipinski definition) is 4. The summed E-state index contributed by atoms with van der Waals surface area (Å²) in [6, 6.07) is 3.65. The zero-order chi connectivity index (χ0) is 19.6. The number of halogens is 1. The molecule has 0 aliphatic heterocycles. The summed E-state index contributed by atoms with van der Waals surface area (Å²) in [5, 5.41) is 11.7. The van der Waals surface area contributed by atoms with E-state index in [9.17, 15) is 9.59 Å². The Balaban J connectivity index is 0.00000676. The Morgan fingerprint density at radius 1 is 1.15 bits per heavy atom. The minimum absolute atomic E-state index is 0. The van der Waals surface area contributed by atoms with Crippen LogP contribution >= 0.6 is 24.0 Å². The normalized spacial score (nSPS) is 11.2. The molecule has 0 aliphatic rings. The Morgan fingerprint density at radius 3 is 2.41 bits per heavy atom. The first-order valence-electron chi connectivity index (χ1n) is 8.75. The topological polar surface area (TPSA) is 108 Å². The maximum Gasteiger partial charge on any atom is 0.242 e. The van der Waals surface area contributed by atoms with Gasteiger partial charge in [0.25, 0.3) is 0 Å². The highest BCUT2D eigenvalue weighted by molar-refractivity contribution is 14.0. The lowest BCUT2D eigenvalue weighted by atomic mass is 10.1. The van der Waals surface area contributed by atoms with Gasteiger partial charge < -0.3 is 21.3 Å². The molecule has 0 atom stereocenters. The van der Waals surface area contributed by atoms with Crippen LogP contribution in [0.4, 0.5) is 5.82 Å². The van der Waals surface area contributed by atoms with Crippen molar-refractivity contribution in [3.05, 3.63) is 23.9 Å². The van der Waals surface area contributed by atoms with Crippen molar-refractivity contribution in [3.63, 3.8) is 0 Å². The molecule has 2 amide bonds. The summed E-state index contributed by atoms with van der Waals surface area (Å²) in [7, 11) is 0. The monoisotopic (exact) mass is 490 g/mol. The van der Waals surface area contributed by atoms with Crippen LogP contribution in [0.5, 0.6) is 0 Å². The van der Waals surface area contributed by atoms with Crippen molar-refractivity contribution in [1.82, 2.24) is 20.9 Å². The molecule has 0 bridgehead atoms. The number of carbonyl (C=O) groups excluding carboxylic acids is 2. The number of carbonyl (C=O) groups is 2. The van der Waals surface area contributed by atoms with Crippen LogP contribution in [0.2, 0.25) is 0 Å². The van der Waals surface area contributed by atoms with Crippen molar-refractivity contribution < 1.29 is 9.59 Å². The van der Waals surface area contributed by atoms with Gasteiger partial charge in [-0.2, -0.15) is 0 Å². The van der Waals surface area contributed by atoms with Crippen LogP contribution in [-0.2, 0) is 9.59 Å². The molecule has 1 aromatic heterocycles. The van der Waals surface area contributed by atoms with Gasteiger partial charge in [-0.25, -0.2) is 9.98 Å². The van der Waals surface area contributed by atoms with Gasteiger partial charge in [0.2, 0.25) is 11.8 Å². The third-order valence-electron chi connectivity index (χ3n) is 3.06. The third kappa shape index (κ3) is 12.2. The van der Waals surface area contributed by atoms with E-state index in [1.807, 2.05) is 40.7 Å². The van der Waals surface area contributed by atoms with Crippen molar-refractivity contribution in [2.24, 2.45) is 4.99 Å². The van der Waals surface area contributed by atoms with Crippen molar-refractivity contribution in [2.45, 2.75) is 46.6 Å². The highest BCUT2D eigenvalue weighted by atomic mass is 127. The van der Waals surface area contributed by atoms with Crippen molar-refractivity contribution in [1.29, 1.82) is 0 Å². The van der Waals surface area contributed by atoms with E-state index in [1.54, 1.807) is 12.3 Å². The van der Waals surface area contributed by atoms with Gasteiger partial charge >= 0.3 is 0 Å². The lowest BCUT2D eigenvalue weighted by molar-refractivity contribution is -0.121. The molecular weight excluding hydrogens is 459 g/mol. The second-order valence-electron chi connectivity index (χ2n) is 6.94. The van der Waals surface area contributed by atoms with E-state index < -0.39 is 0 Å². The smallest absolute Gasteiger partial charge is 0.242 e. The van der Waals surface area contributed by atoms with Crippen molar-refractivity contribution in [3.8, 4) is 0 Å². The van der Waals surface area contributed by atoms with Crippen molar-refractivity contribution in [2.75, 3.05) is 25.0 Å². The minimum atomic E-state index is -0.291. The standard InChI is InChI=1S/C18H30N6O2.HI/c1-6-19-17(22-12-16(26)24-18(3,4)5)20-10-9-15(25)23-14-8-7-13(2)11-21-14;/h7-8,11H,6,9-10,12H2,1-5H3,(H,24,26)(H2,19,20,22)(H,21,23,25);1H. The van der Waals surface area contributed by atoms with Gasteiger partial charge in [0, 0.05) is 31.2 Å². The number of anilines is 1. The fourth-order valence-electron chi connectivity index (χ4n) is 1.99. The second-order valence-corrected chi connectivity index (χ2v) is 6.94. The Hall–Kier alpha value is -1.91. The quantitative estimate of drug-likeness (QED) is 0.265. The highest BCUT2D eigenvalue weighted by Crippen LogP contribution is 2.03. The molecule has 152 valence electrons. The van der Waals surface area contributed by atoms with Crippen LogP contribution in [0.3, 0.4) is 0 Å². The van der Waals surface area contributed by atoms with Crippen LogP contribution in [0.25, 0.3) is 0 Å². The van der Waals surface area contributed by atoms with Crippen LogP contribution in [-0.4, -0.2) is 47.9 Å². The molecule has 9 heteroatoms. The summed E-state index contributed by atoms with van der Waals surface area (Å²) in [4.78, 5) is 32.1. The zero-order valence-electron chi connectivity index (χ0n) is 16.7. The number of aromatic nitrogens is 1. The first-order valence-corrected chi connectivity index (χ1v) is 8.75. The second kappa shape index (κ2) is 12.5. The number of guanidine groups is 1. The fraction of sp³-hybridized carbons (Fsp3) is 0.556. The SMILES string of the molecule is CCNC(=NCC(=O)NC(C)(C)C)NCCC(=O)Nc1ccc(C)cn1.I. The van der Waals surface area contributed by atoms with E-state index >= 15 is 0 Å². The number of hydrogen-bond acceptors (Lipinski definition) is 4. The van der Waals surface area contributed by atoms with Gasteiger partial charge in [-0.1, -0.05) is 6.07 Å². The predicted molar refractivity (Wildman–Crippen MR) is 120 cm³/mol. The number of pyridine rings is 1. The van der Waals surface area contributed by atoms with Crippen molar-refractivity contribution >= 4 is 47.6 Å². The van der Waals surface area contributed by atoms with Gasteiger partial charge in [0.15, 0.2) is 5.96 Å². The van der Waals surface area contributed by atoms with E-state index in [2.05, 4.69) is 31.2 Å². The molecule has 8 nitrogen and oxygen atoms in total. The number of nitrogens with zero attached hydrogens (tertiary/aromatic N) is 2. The number of rotatable bonds is 7.